The van der Waals surface area contributed by atoms with Crippen LogP contribution in [0, 0.1) is 27.7 Å². The average molecular weight is 578 g/mol. The highest BCUT2D eigenvalue weighted by Crippen LogP contribution is 2.29. The second-order valence-corrected chi connectivity index (χ2v) is 12.7. The van der Waals surface area contributed by atoms with E-state index in [2.05, 4.69) is 5.32 Å². The molecule has 1 N–H and O–H groups in total. The summed E-state index contributed by atoms with van der Waals surface area (Å²) >= 11 is 0. The molecular formula is C33H43N3O4S. The van der Waals surface area contributed by atoms with Crippen LogP contribution >= 0.6 is 0 Å². The molecule has 0 aliphatic heterocycles. The standard InChI is InChI=1S/C33H43N3O4S/c1-8-26(6)34-33(38)30(9-2)35(21-28-17-13-23(3)14-18-28)32(37)22-36(31-12-10-11-25(5)27(31)7)41(39,40)29-19-15-24(4)16-20-29/h10-20,26,30H,8-9,21-22H2,1-7H3,(H,34,38)/t26-,30-/m1/s1. The van der Waals surface area contributed by atoms with Crippen molar-refractivity contribution in [3.8, 4) is 0 Å². The van der Waals surface area contributed by atoms with Crippen molar-refractivity contribution in [1.29, 1.82) is 0 Å². The number of hydrogen-bond donors (Lipinski definition) is 1. The molecule has 0 aliphatic carbocycles. The van der Waals surface area contributed by atoms with Crippen molar-refractivity contribution in [3.63, 3.8) is 0 Å². The Balaban J connectivity index is 2.10. The number of anilines is 1. The van der Waals surface area contributed by atoms with E-state index in [0.717, 1.165) is 34.2 Å². The monoisotopic (exact) mass is 577 g/mol. The van der Waals surface area contributed by atoms with Gasteiger partial charge in [-0.2, -0.15) is 0 Å². The Bertz CT molecular complexity index is 1450. The fraction of sp³-hybridized carbons (Fsp3) is 0.394. The van der Waals surface area contributed by atoms with E-state index in [-0.39, 0.29) is 23.4 Å². The van der Waals surface area contributed by atoms with E-state index < -0.39 is 28.5 Å². The van der Waals surface area contributed by atoms with Crippen LogP contribution in [0.2, 0.25) is 0 Å². The van der Waals surface area contributed by atoms with Crippen LogP contribution in [0.3, 0.4) is 0 Å². The summed E-state index contributed by atoms with van der Waals surface area (Å²) in [5, 5.41) is 3.01. The van der Waals surface area contributed by atoms with Gasteiger partial charge in [0, 0.05) is 12.6 Å². The second-order valence-electron chi connectivity index (χ2n) is 10.8. The lowest BCUT2D eigenvalue weighted by Gasteiger charge is -2.34. The third kappa shape index (κ3) is 7.76. The molecule has 0 radical (unpaired) electrons. The van der Waals surface area contributed by atoms with Crippen LogP contribution in [-0.4, -0.2) is 43.8 Å². The summed E-state index contributed by atoms with van der Waals surface area (Å²) in [6.07, 6.45) is 1.14. The Labute approximate surface area is 245 Å². The third-order valence-corrected chi connectivity index (χ3v) is 9.37. The molecule has 7 nitrogen and oxygen atoms in total. The molecule has 2 amide bonds. The number of rotatable bonds is 12. The first-order valence-corrected chi connectivity index (χ1v) is 15.6. The minimum Gasteiger partial charge on any atom is -0.352 e. The van der Waals surface area contributed by atoms with Crippen LogP contribution in [0.4, 0.5) is 5.69 Å². The van der Waals surface area contributed by atoms with E-state index in [1.165, 1.54) is 9.21 Å². The first-order valence-electron chi connectivity index (χ1n) is 14.2. The summed E-state index contributed by atoms with van der Waals surface area (Å²) in [6.45, 7) is 13.1. The summed E-state index contributed by atoms with van der Waals surface area (Å²) in [7, 11) is -4.11. The molecule has 3 aromatic rings. The highest BCUT2D eigenvalue weighted by atomic mass is 32.2. The molecule has 8 heteroatoms. The second kappa shape index (κ2) is 13.8. The van der Waals surface area contributed by atoms with E-state index in [4.69, 9.17) is 0 Å². The molecule has 0 bridgehead atoms. The zero-order valence-corrected chi connectivity index (χ0v) is 26.1. The highest BCUT2D eigenvalue weighted by molar-refractivity contribution is 7.92. The first-order chi connectivity index (χ1) is 19.4. The van der Waals surface area contributed by atoms with Crippen molar-refractivity contribution >= 4 is 27.5 Å². The minimum atomic E-state index is -4.11. The van der Waals surface area contributed by atoms with Crippen molar-refractivity contribution in [2.45, 2.75) is 84.8 Å². The maximum absolute atomic E-state index is 14.2. The molecule has 0 saturated heterocycles. The number of nitrogens with one attached hydrogen (secondary N) is 1. The summed E-state index contributed by atoms with van der Waals surface area (Å²) < 4.78 is 29.4. The molecule has 0 unspecified atom stereocenters. The lowest BCUT2D eigenvalue weighted by Crippen LogP contribution is -2.53. The number of carbonyl (C=O) groups excluding carboxylic acids is 2. The predicted molar refractivity (Wildman–Crippen MR) is 165 cm³/mol. The van der Waals surface area contributed by atoms with E-state index >= 15 is 0 Å². The third-order valence-electron chi connectivity index (χ3n) is 7.59. The SMILES string of the molecule is CC[C@@H](C)NC(=O)[C@@H](CC)N(Cc1ccc(C)cc1)C(=O)CN(c1cccc(C)c1C)S(=O)(=O)c1ccc(C)cc1. The number of benzene rings is 3. The van der Waals surface area contributed by atoms with E-state index in [1.54, 1.807) is 36.4 Å². The molecular weight excluding hydrogens is 534 g/mol. The van der Waals surface area contributed by atoms with Gasteiger partial charge in [-0.05, 0) is 82.3 Å². The summed E-state index contributed by atoms with van der Waals surface area (Å²) in [5.41, 5.74) is 4.99. The fourth-order valence-corrected chi connectivity index (χ4v) is 6.08. The van der Waals surface area contributed by atoms with Crippen LogP contribution < -0.4 is 9.62 Å². The Morgan fingerprint density at radius 3 is 1.98 bits per heavy atom. The van der Waals surface area contributed by atoms with Crippen LogP contribution in [-0.2, 0) is 26.2 Å². The van der Waals surface area contributed by atoms with Crippen LogP contribution in [0.25, 0.3) is 0 Å². The van der Waals surface area contributed by atoms with E-state index in [0.29, 0.717) is 12.1 Å². The zero-order valence-electron chi connectivity index (χ0n) is 25.3. The smallest absolute Gasteiger partial charge is 0.264 e. The van der Waals surface area contributed by atoms with E-state index in [9.17, 15) is 18.0 Å². The molecule has 0 aromatic heterocycles. The van der Waals surface area contributed by atoms with Gasteiger partial charge in [-0.15, -0.1) is 0 Å². The Kier molecular flexibility index (Phi) is 10.7. The predicted octanol–water partition coefficient (Wildman–Crippen LogP) is 5.84. The zero-order chi connectivity index (χ0) is 30.3. The van der Waals surface area contributed by atoms with Gasteiger partial charge in [-0.1, -0.05) is 73.5 Å². The number of hydrogen-bond acceptors (Lipinski definition) is 4. The van der Waals surface area contributed by atoms with Gasteiger partial charge in [0.15, 0.2) is 0 Å². The Morgan fingerprint density at radius 2 is 1.41 bits per heavy atom. The lowest BCUT2D eigenvalue weighted by molar-refractivity contribution is -0.140. The van der Waals surface area contributed by atoms with Gasteiger partial charge >= 0.3 is 0 Å². The number of amides is 2. The summed E-state index contributed by atoms with van der Waals surface area (Å²) in [5.74, 6) is -0.699. The van der Waals surface area contributed by atoms with Gasteiger partial charge in [-0.3, -0.25) is 13.9 Å². The van der Waals surface area contributed by atoms with E-state index in [1.807, 2.05) is 78.8 Å². The van der Waals surface area contributed by atoms with Crippen LogP contribution in [0.1, 0.15) is 61.4 Å². The number of nitrogens with zero attached hydrogens (tertiary/aromatic N) is 2. The van der Waals surface area contributed by atoms with Gasteiger partial charge in [0.05, 0.1) is 10.6 Å². The summed E-state index contributed by atoms with van der Waals surface area (Å²) in [6, 6.07) is 19.0. The van der Waals surface area contributed by atoms with Crippen molar-refractivity contribution < 1.29 is 18.0 Å². The molecule has 220 valence electrons. The van der Waals surface area contributed by atoms with Crippen LogP contribution in [0.15, 0.2) is 71.6 Å². The Hall–Kier alpha value is -3.65. The largest absolute Gasteiger partial charge is 0.352 e. The maximum Gasteiger partial charge on any atom is 0.264 e. The Morgan fingerprint density at radius 1 is 0.829 bits per heavy atom. The number of sulfonamides is 1. The highest BCUT2D eigenvalue weighted by Gasteiger charge is 2.34. The molecule has 0 fully saturated rings. The van der Waals surface area contributed by atoms with Gasteiger partial charge in [-0.25, -0.2) is 8.42 Å². The van der Waals surface area contributed by atoms with Crippen molar-refractivity contribution in [2.75, 3.05) is 10.8 Å². The number of carbonyl (C=O) groups is 2. The molecule has 0 heterocycles. The lowest BCUT2D eigenvalue weighted by atomic mass is 10.1. The molecule has 41 heavy (non-hydrogen) atoms. The maximum atomic E-state index is 14.2. The normalized spacial score (nSPS) is 12.9. The molecule has 2 atom stereocenters. The molecule has 3 aromatic carbocycles. The number of aryl methyl sites for hydroxylation is 3. The topological polar surface area (TPSA) is 86.8 Å². The molecule has 0 spiro atoms. The minimum absolute atomic E-state index is 0.0544. The van der Waals surface area contributed by atoms with Crippen molar-refractivity contribution in [3.05, 3.63) is 94.5 Å². The molecule has 3 rings (SSSR count). The average Bonchev–Trinajstić information content (AvgIpc) is 2.94. The summed E-state index contributed by atoms with van der Waals surface area (Å²) in [4.78, 5) is 29.2. The van der Waals surface area contributed by atoms with Gasteiger partial charge in [0.25, 0.3) is 10.0 Å². The van der Waals surface area contributed by atoms with Gasteiger partial charge < -0.3 is 10.2 Å². The first kappa shape index (κ1) is 31.9. The molecule has 0 saturated carbocycles. The quantitative estimate of drug-likeness (QED) is 0.293. The fourth-order valence-electron chi connectivity index (χ4n) is 4.61. The van der Waals surface area contributed by atoms with Crippen molar-refractivity contribution in [2.24, 2.45) is 0 Å². The van der Waals surface area contributed by atoms with Gasteiger partial charge in [0.2, 0.25) is 11.8 Å². The van der Waals surface area contributed by atoms with Gasteiger partial charge in [0.1, 0.15) is 12.6 Å². The van der Waals surface area contributed by atoms with Crippen molar-refractivity contribution in [1.82, 2.24) is 10.2 Å². The molecule has 0 aliphatic rings. The van der Waals surface area contributed by atoms with Crippen LogP contribution in [0.5, 0.6) is 0 Å².